The summed E-state index contributed by atoms with van der Waals surface area (Å²) in [7, 11) is 0. The van der Waals surface area contributed by atoms with Crippen LogP contribution in [0.5, 0.6) is 0 Å². The number of nitrogens with zero attached hydrogens (tertiary/aromatic N) is 1. The van der Waals surface area contributed by atoms with Crippen molar-refractivity contribution in [3.63, 3.8) is 0 Å². The van der Waals surface area contributed by atoms with Gasteiger partial charge in [0.15, 0.2) is 0 Å². The molecule has 0 radical (unpaired) electrons. The van der Waals surface area contributed by atoms with Gasteiger partial charge in [0.05, 0.1) is 0 Å². The number of carbonyl (C=O) groups is 1. The minimum absolute atomic E-state index is 0.606. The molecule has 1 aliphatic carbocycles. The Morgan fingerprint density at radius 1 is 0.792 bits per heavy atom. The molecule has 0 saturated heterocycles. The monoisotopic (exact) mass is 321 g/mol. The molecule has 0 aliphatic heterocycles. The third-order valence-corrected chi connectivity index (χ3v) is 5.22. The van der Waals surface area contributed by atoms with E-state index in [0.717, 1.165) is 25.8 Å². The fraction of sp³-hybridized carbons (Fsp3) is 0.409. The Hall–Kier alpha value is -1.93. The van der Waals surface area contributed by atoms with E-state index in [4.69, 9.17) is 0 Å². The van der Waals surface area contributed by atoms with Crippen LogP contribution in [0, 0.1) is 5.92 Å². The van der Waals surface area contributed by atoms with E-state index in [2.05, 4.69) is 65.6 Å². The smallest absolute Gasteiger partial charge is 0.120 e. The second kappa shape index (κ2) is 8.79. The minimum Gasteiger partial charge on any atom is -0.303 e. The van der Waals surface area contributed by atoms with Gasteiger partial charge in [-0.15, -0.1) is 0 Å². The molecule has 1 aliphatic rings. The van der Waals surface area contributed by atoms with Gasteiger partial charge in [0.25, 0.3) is 0 Å². The number of hydrogen-bond donors (Lipinski definition) is 0. The van der Waals surface area contributed by atoms with Gasteiger partial charge >= 0.3 is 0 Å². The summed E-state index contributed by atoms with van der Waals surface area (Å²) >= 11 is 0. The molecule has 3 rings (SSSR count). The normalized spacial score (nSPS) is 20.9. The lowest BCUT2D eigenvalue weighted by molar-refractivity contribution is -0.108. The molecule has 2 nitrogen and oxygen atoms in total. The average molecular weight is 321 g/mol. The summed E-state index contributed by atoms with van der Waals surface area (Å²) in [6.07, 6.45) is 6.62. The van der Waals surface area contributed by atoms with Gasteiger partial charge in [-0.05, 0) is 42.7 Å². The molecule has 2 heteroatoms. The molecule has 1 saturated carbocycles. The fourth-order valence-corrected chi connectivity index (χ4v) is 3.83. The fourth-order valence-electron chi connectivity index (χ4n) is 3.83. The molecule has 0 atom stereocenters. The standard InChI is InChI=1S/C22H27NO/c24-16-15-19-11-13-22(14-12-19)23(17-20-7-3-1-4-8-20)18-21-9-5-2-6-10-21/h1-10,16,19,22H,11-15,17-18H2. The summed E-state index contributed by atoms with van der Waals surface area (Å²) in [4.78, 5) is 13.4. The van der Waals surface area contributed by atoms with Crippen molar-refractivity contribution in [3.05, 3.63) is 71.8 Å². The molecule has 1 fully saturated rings. The molecule has 126 valence electrons. The predicted octanol–water partition coefficient (Wildman–Crippen LogP) is 4.84. The zero-order chi connectivity index (χ0) is 16.6. The third-order valence-electron chi connectivity index (χ3n) is 5.22. The summed E-state index contributed by atoms with van der Waals surface area (Å²) in [6.45, 7) is 2.00. The predicted molar refractivity (Wildman–Crippen MR) is 98.6 cm³/mol. The molecule has 24 heavy (non-hydrogen) atoms. The summed E-state index contributed by atoms with van der Waals surface area (Å²) in [5.41, 5.74) is 2.76. The number of rotatable bonds is 7. The van der Waals surface area contributed by atoms with Crippen LogP contribution in [0.15, 0.2) is 60.7 Å². The van der Waals surface area contributed by atoms with Crippen LogP contribution in [-0.4, -0.2) is 17.2 Å². The van der Waals surface area contributed by atoms with E-state index in [1.807, 2.05) is 0 Å². The Bertz CT molecular complexity index is 561. The maximum atomic E-state index is 10.8. The van der Waals surface area contributed by atoms with Crippen molar-refractivity contribution in [1.82, 2.24) is 4.90 Å². The van der Waals surface area contributed by atoms with Crippen LogP contribution in [0.25, 0.3) is 0 Å². The quantitative estimate of drug-likeness (QED) is 0.680. The third kappa shape index (κ3) is 4.78. The summed E-state index contributed by atoms with van der Waals surface area (Å²) in [5.74, 6) is 0.606. The maximum Gasteiger partial charge on any atom is 0.120 e. The zero-order valence-electron chi connectivity index (χ0n) is 14.3. The van der Waals surface area contributed by atoms with Gasteiger partial charge in [-0.2, -0.15) is 0 Å². The summed E-state index contributed by atoms with van der Waals surface area (Å²) in [6, 6.07) is 22.1. The highest BCUT2D eigenvalue weighted by molar-refractivity contribution is 5.49. The van der Waals surface area contributed by atoms with Gasteiger partial charge in [0.1, 0.15) is 6.29 Å². The lowest BCUT2D eigenvalue weighted by Gasteiger charge is -2.37. The maximum absolute atomic E-state index is 10.8. The highest BCUT2D eigenvalue weighted by Gasteiger charge is 2.25. The van der Waals surface area contributed by atoms with E-state index in [9.17, 15) is 4.79 Å². The van der Waals surface area contributed by atoms with Gasteiger partial charge in [0.2, 0.25) is 0 Å². The molecular weight excluding hydrogens is 294 g/mol. The second-order valence-corrected chi connectivity index (χ2v) is 6.95. The summed E-state index contributed by atoms with van der Waals surface area (Å²) < 4.78 is 0. The lowest BCUT2D eigenvalue weighted by atomic mass is 9.83. The van der Waals surface area contributed by atoms with Gasteiger partial charge in [-0.1, -0.05) is 60.7 Å². The first-order valence-electron chi connectivity index (χ1n) is 9.10. The van der Waals surface area contributed by atoms with Crippen molar-refractivity contribution in [1.29, 1.82) is 0 Å². The second-order valence-electron chi connectivity index (χ2n) is 6.95. The van der Waals surface area contributed by atoms with Crippen molar-refractivity contribution >= 4 is 6.29 Å². The van der Waals surface area contributed by atoms with E-state index < -0.39 is 0 Å². The first-order chi connectivity index (χ1) is 11.8. The van der Waals surface area contributed by atoms with Gasteiger partial charge in [-0.3, -0.25) is 4.90 Å². The zero-order valence-corrected chi connectivity index (χ0v) is 14.3. The topological polar surface area (TPSA) is 20.3 Å². The van der Waals surface area contributed by atoms with Gasteiger partial charge in [0, 0.05) is 25.6 Å². The molecule has 2 aromatic carbocycles. The van der Waals surface area contributed by atoms with E-state index in [1.165, 1.54) is 36.8 Å². The number of carbonyl (C=O) groups excluding carboxylic acids is 1. The van der Waals surface area contributed by atoms with E-state index in [0.29, 0.717) is 12.0 Å². The first-order valence-corrected chi connectivity index (χ1v) is 9.10. The largest absolute Gasteiger partial charge is 0.303 e. The molecular formula is C22H27NO. The summed E-state index contributed by atoms with van der Waals surface area (Å²) in [5, 5.41) is 0. The van der Waals surface area contributed by atoms with Crippen LogP contribution in [0.4, 0.5) is 0 Å². The Balaban J connectivity index is 1.68. The lowest BCUT2D eigenvalue weighted by Crippen LogP contribution is -2.37. The van der Waals surface area contributed by atoms with Crippen LogP contribution in [0.2, 0.25) is 0 Å². The van der Waals surface area contributed by atoms with Crippen molar-refractivity contribution < 1.29 is 4.79 Å². The molecule has 0 aromatic heterocycles. The number of hydrogen-bond acceptors (Lipinski definition) is 2. The van der Waals surface area contributed by atoms with Crippen molar-refractivity contribution in [3.8, 4) is 0 Å². The Morgan fingerprint density at radius 3 is 1.75 bits per heavy atom. The van der Waals surface area contributed by atoms with Crippen LogP contribution in [0.1, 0.15) is 43.2 Å². The highest BCUT2D eigenvalue weighted by atomic mass is 16.1. The highest BCUT2D eigenvalue weighted by Crippen LogP contribution is 2.30. The SMILES string of the molecule is O=CCC1CCC(N(Cc2ccccc2)Cc2ccccc2)CC1. The molecule has 2 aromatic rings. The first kappa shape index (κ1) is 16.9. The average Bonchev–Trinajstić information content (AvgIpc) is 2.64. The molecule has 0 spiro atoms. The molecule has 0 heterocycles. The number of aldehydes is 1. The Morgan fingerprint density at radius 2 is 1.29 bits per heavy atom. The Kier molecular flexibility index (Phi) is 6.20. The van der Waals surface area contributed by atoms with Crippen LogP contribution < -0.4 is 0 Å². The van der Waals surface area contributed by atoms with E-state index in [-0.39, 0.29) is 0 Å². The Labute approximate surface area is 145 Å². The van der Waals surface area contributed by atoms with Crippen molar-refractivity contribution in [2.24, 2.45) is 5.92 Å². The van der Waals surface area contributed by atoms with E-state index >= 15 is 0 Å². The van der Waals surface area contributed by atoms with Crippen LogP contribution in [0.3, 0.4) is 0 Å². The molecule has 0 amide bonds. The molecule has 0 bridgehead atoms. The van der Waals surface area contributed by atoms with Gasteiger partial charge < -0.3 is 4.79 Å². The van der Waals surface area contributed by atoms with Crippen molar-refractivity contribution in [2.45, 2.75) is 51.2 Å². The van der Waals surface area contributed by atoms with Gasteiger partial charge in [-0.25, -0.2) is 0 Å². The number of benzene rings is 2. The molecule has 0 unspecified atom stereocenters. The molecule has 0 N–H and O–H groups in total. The van der Waals surface area contributed by atoms with Crippen LogP contribution in [-0.2, 0) is 17.9 Å². The minimum atomic E-state index is 0.606. The van der Waals surface area contributed by atoms with Crippen LogP contribution >= 0.6 is 0 Å². The van der Waals surface area contributed by atoms with E-state index in [1.54, 1.807) is 0 Å². The van der Waals surface area contributed by atoms with Crippen molar-refractivity contribution in [2.75, 3.05) is 0 Å².